The predicted molar refractivity (Wildman–Crippen MR) is 73.9 cm³/mol. The number of nitrogens with one attached hydrogen (secondary N) is 1. The Morgan fingerprint density at radius 3 is 2.79 bits per heavy atom. The second-order valence-corrected chi connectivity index (χ2v) is 7.03. The molecule has 1 aromatic heterocycles. The summed E-state index contributed by atoms with van der Waals surface area (Å²) in [4.78, 5) is 9.05. The predicted octanol–water partition coefficient (Wildman–Crippen LogP) is 1.51. The highest BCUT2D eigenvalue weighted by Crippen LogP contribution is 2.38. The van der Waals surface area contributed by atoms with E-state index >= 15 is 0 Å². The van der Waals surface area contributed by atoms with Gasteiger partial charge in [-0.25, -0.2) is 4.98 Å². The molecule has 19 heavy (non-hydrogen) atoms. The van der Waals surface area contributed by atoms with Crippen molar-refractivity contribution < 1.29 is 9.66 Å². The lowest BCUT2D eigenvalue weighted by Crippen LogP contribution is -2.49. The van der Waals surface area contributed by atoms with Crippen molar-refractivity contribution in [3.8, 4) is 0 Å². The summed E-state index contributed by atoms with van der Waals surface area (Å²) in [5.74, 6) is 1.18. The third-order valence-corrected chi connectivity index (χ3v) is 5.59. The minimum atomic E-state index is -1.08. The number of aliphatic hydroxyl groups excluding tert-OH is 1. The van der Waals surface area contributed by atoms with E-state index in [-0.39, 0.29) is 17.4 Å². The molecule has 0 bridgehead atoms. The molecule has 1 saturated carbocycles. The molecule has 1 fully saturated rings. The first-order valence-corrected chi connectivity index (χ1v) is 8.17. The van der Waals surface area contributed by atoms with Crippen molar-refractivity contribution in [3.63, 3.8) is 0 Å². The zero-order valence-electron chi connectivity index (χ0n) is 10.5. The summed E-state index contributed by atoms with van der Waals surface area (Å²) in [5, 5.41) is 13.0. The second kappa shape index (κ2) is 5.09. The van der Waals surface area contributed by atoms with E-state index in [1.54, 1.807) is 0 Å². The number of hydrogen-bond donors (Lipinski definition) is 2. The Bertz CT molecular complexity index is 491. The molecule has 0 radical (unpaired) electrons. The van der Waals surface area contributed by atoms with E-state index in [9.17, 15) is 9.66 Å². The van der Waals surface area contributed by atoms with Crippen LogP contribution in [0.3, 0.4) is 0 Å². The molecule has 5 nitrogen and oxygen atoms in total. The maximum Gasteiger partial charge on any atom is 0.224 e. The molecule has 1 aliphatic heterocycles. The molecule has 0 aromatic carbocycles. The van der Waals surface area contributed by atoms with Gasteiger partial charge < -0.3 is 15.0 Å². The summed E-state index contributed by atoms with van der Waals surface area (Å²) in [6, 6.07) is 0. The average Bonchev–Trinajstić information content (AvgIpc) is 2.33. The molecular formula is C12H16ClN3O2S. The quantitative estimate of drug-likeness (QED) is 0.653. The molecule has 2 heterocycles. The number of nitrogens with zero attached hydrogens (tertiary/aromatic N) is 2. The maximum absolute atomic E-state index is 12.2. The van der Waals surface area contributed by atoms with Crippen LogP contribution in [-0.4, -0.2) is 37.5 Å². The number of aryl methyl sites for hydroxylation is 1. The van der Waals surface area contributed by atoms with E-state index < -0.39 is 11.2 Å². The smallest absolute Gasteiger partial charge is 0.224 e. The zero-order valence-corrected chi connectivity index (χ0v) is 12.1. The summed E-state index contributed by atoms with van der Waals surface area (Å²) >= 11 is 4.86. The molecular weight excluding hydrogens is 286 g/mol. The maximum atomic E-state index is 12.2. The Kier molecular flexibility index (Phi) is 3.59. The monoisotopic (exact) mass is 301 g/mol. The molecule has 7 heteroatoms. The lowest BCUT2D eigenvalue weighted by molar-refractivity contribution is 0.143. The van der Waals surface area contributed by atoms with E-state index in [0.29, 0.717) is 16.5 Å². The van der Waals surface area contributed by atoms with Crippen LogP contribution in [0.25, 0.3) is 0 Å². The van der Waals surface area contributed by atoms with Gasteiger partial charge in [0.2, 0.25) is 10.2 Å². The molecule has 2 N–H and O–H groups in total. The topological polar surface area (TPSA) is 81.1 Å². The molecule has 0 saturated heterocycles. The fourth-order valence-corrected chi connectivity index (χ4v) is 4.13. The van der Waals surface area contributed by atoms with Gasteiger partial charge in [-0.2, -0.15) is 4.98 Å². The van der Waals surface area contributed by atoms with Gasteiger partial charge in [0.05, 0.1) is 12.1 Å². The molecule has 0 unspecified atom stereocenters. The third-order valence-electron chi connectivity index (χ3n) is 3.88. The summed E-state index contributed by atoms with van der Waals surface area (Å²) in [6.45, 7) is 0.0516. The van der Waals surface area contributed by atoms with E-state index in [1.165, 1.54) is 0 Å². The van der Waals surface area contributed by atoms with Gasteiger partial charge in [0.1, 0.15) is 11.4 Å². The van der Waals surface area contributed by atoms with Crippen LogP contribution in [0.15, 0.2) is 4.90 Å². The van der Waals surface area contributed by atoms with E-state index in [0.717, 1.165) is 37.8 Å². The summed E-state index contributed by atoms with van der Waals surface area (Å²) in [7, 11) is 0. The van der Waals surface area contributed by atoms with Gasteiger partial charge in [0.15, 0.2) is 5.82 Å². The molecule has 0 amide bonds. The standard InChI is InChI=1S/C12H16ClN3O2S/c13-11-14-8-3-1-6-19(18)9(8)10(15-11)16-12(7-17)4-2-5-12/h17H,1-7H2,(H,14,15,16)/t19-/m1/s1. The van der Waals surface area contributed by atoms with Crippen molar-refractivity contribution in [1.29, 1.82) is 0 Å². The van der Waals surface area contributed by atoms with Crippen LogP contribution in [0.5, 0.6) is 0 Å². The van der Waals surface area contributed by atoms with Crippen LogP contribution in [0, 0.1) is 0 Å². The highest BCUT2D eigenvalue weighted by Gasteiger charge is 2.39. The van der Waals surface area contributed by atoms with Crippen LogP contribution in [-0.2, 0) is 17.6 Å². The molecule has 1 aliphatic carbocycles. The van der Waals surface area contributed by atoms with Crippen LogP contribution in [0.1, 0.15) is 31.4 Å². The van der Waals surface area contributed by atoms with Gasteiger partial charge in [-0.05, 0) is 54.9 Å². The summed E-state index contributed by atoms with van der Waals surface area (Å²) in [5.41, 5.74) is 0.451. The van der Waals surface area contributed by atoms with Crippen molar-refractivity contribution in [2.75, 3.05) is 17.7 Å². The van der Waals surface area contributed by atoms with Crippen molar-refractivity contribution in [3.05, 3.63) is 11.0 Å². The summed E-state index contributed by atoms with van der Waals surface area (Å²) < 4.78 is 12.2. The van der Waals surface area contributed by atoms with Gasteiger partial charge in [0.25, 0.3) is 0 Å². The SMILES string of the molecule is [O-][S@+]1CCCc2nc(Cl)nc(NC3(CO)CCC3)c21. The molecule has 2 aliphatic rings. The fraction of sp³-hybridized carbons (Fsp3) is 0.667. The van der Waals surface area contributed by atoms with E-state index in [1.807, 2.05) is 0 Å². The van der Waals surface area contributed by atoms with Gasteiger partial charge in [0, 0.05) is 0 Å². The number of fused-ring (bicyclic) bond motifs is 1. The number of halogens is 1. The number of aromatic nitrogens is 2. The third kappa shape index (κ3) is 2.42. The first kappa shape index (κ1) is 13.4. The Morgan fingerprint density at radius 2 is 2.16 bits per heavy atom. The van der Waals surface area contributed by atoms with Crippen LogP contribution >= 0.6 is 11.6 Å². The number of hydrogen-bond acceptors (Lipinski definition) is 5. The molecule has 3 rings (SSSR count). The van der Waals surface area contributed by atoms with Crippen LogP contribution in [0.4, 0.5) is 5.82 Å². The first-order valence-electron chi connectivity index (χ1n) is 6.47. The Morgan fingerprint density at radius 1 is 1.37 bits per heavy atom. The van der Waals surface area contributed by atoms with Crippen molar-refractivity contribution in [2.24, 2.45) is 0 Å². The Labute approximate surface area is 120 Å². The summed E-state index contributed by atoms with van der Waals surface area (Å²) in [6.07, 6.45) is 4.51. The van der Waals surface area contributed by atoms with Crippen molar-refractivity contribution >= 4 is 28.6 Å². The van der Waals surface area contributed by atoms with Gasteiger partial charge >= 0.3 is 0 Å². The van der Waals surface area contributed by atoms with E-state index in [4.69, 9.17) is 11.6 Å². The zero-order chi connectivity index (χ0) is 13.5. The van der Waals surface area contributed by atoms with Crippen LogP contribution in [0.2, 0.25) is 5.28 Å². The number of rotatable bonds is 3. The minimum Gasteiger partial charge on any atom is -0.611 e. The highest BCUT2D eigenvalue weighted by atomic mass is 35.5. The van der Waals surface area contributed by atoms with Gasteiger partial charge in [-0.3, -0.25) is 0 Å². The highest BCUT2D eigenvalue weighted by molar-refractivity contribution is 7.91. The first-order chi connectivity index (χ1) is 9.13. The molecule has 104 valence electrons. The second-order valence-electron chi connectivity index (χ2n) is 5.19. The van der Waals surface area contributed by atoms with Crippen molar-refractivity contribution in [2.45, 2.75) is 42.5 Å². The Hall–Kier alpha value is -0.560. The minimum absolute atomic E-state index is 0.0516. The van der Waals surface area contributed by atoms with Crippen LogP contribution < -0.4 is 5.32 Å². The lowest BCUT2D eigenvalue weighted by Gasteiger charge is -2.41. The van der Waals surface area contributed by atoms with Gasteiger partial charge in [-0.15, -0.1) is 0 Å². The molecule has 1 atom stereocenters. The van der Waals surface area contributed by atoms with Crippen molar-refractivity contribution in [1.82, 2.24) is 9.97 Å². The Balaban J connectivity index is 1.98. The normalized spacial score (nSPS) is 24.5. The number of anilines is 1. The van der Waals surface area contributed by atoms with E-state index in [2.05, 4.69) is 15.3 Å². The largest absolute Gasteiger partial charge is 0.611 e. The van der Waals surface area contributed by atoms with Gasteiger partial charge in [-0.1, -0.05) is 0 Å². The number of aliphatic hydroxyl groups is 1. The molecule has 1 aromatic rings. The average molecular weight is 302 g/mol. The molecule has 0 spiro atoms. The lowest BCUT2D eigenvalue weighted by atomic mass is 9.77. The fourth-order valence-electron chi connectivity index (χ4n) is 2.61.